The fraction of sp³-hybridized carbons (Fsp3) is 0.625. The van der Waals surface area contributed by atoms with Crippen LogP contribution in [0.5, 0.6) is 0 Å². The molecular weight excluding hydrogens is 126 g/mol. The molecule has 0 heterocycles. The summed E-state index contributed by atoms with van der Waals surface area (Å²) < 4.78 is 0. The summed E-state index contributed by atoms with van der Waals surface area (Å²) in [7, 11) is 0. The van der Waals surface area contributed by atoms with Crippen LogP contribution in [-0.2, 0) is 0 Å². The molecule has 0 aliphatic rings. The molecule has 0 saturated carbocycles. The average molecular weight is 141 g/mol. The maximum Gasteiger partial charge on any atom is 0.0789 e. The lowest BCUT2D eigenvalue weighted by Gasteiger charge is -1.93. The predicted octanol–water partition coefficient (Wildman–Crippen LogP) is 2.44. The maximum atomic E-state index is 8.38. The quantitative estimate of drug-likeness (QED) is 0.365. The van der Waals surface area contributed by atoms with Crippen molar-refractivity contribution in [1.29, 1.82) is 0 Å². The molecule has 58 valence electrons. The van der Waals surface area contributed by atoms with E-state index in [0.29, 0.717) is 5.92 Å². The van der Waals surface area contributed by atoms with Gasteiger partial charge >= 0.3 is 0 Å². The van der Waals surface area contributed by atoms with Crippen LogP contribution in [0.1, 0.15) is 27.2 Å². The third kappa shape index (κ3) is 4.13. The summed E-state index contributed by atoms with van der Waals surface area (Å²) in [6, 6.07) is 0. The summed E-state index contributed by atoms with van der Waals surface area (Å²) in [5.41, 5.74) is 0.730. The molecule has 0 rings (SSSR count). The lowest BCUT2D eigenvalue weighted by molar-refractivity contribution is 0.318. The Hall–Kier alpha value is -0.790. The van der Waals surface area contributed by atoms with Gasteiger partial charge in [0.25, 0.3) is 0 Å². The molecular formula is C8H15NO. The molecule has 0 aromatic carbocycles. The summed E-state index contributed by atoms with van der Waals surface area (Å²) in [5.74, 6) is 0.517. The van der Waals surface area contributed by atoms with Gasteiger partial charge in [-0.1, -0.05) is 32.0 Å². The topological polar surface area (TPSA) is 32.6 Å². The maximum absolute atomic E-state index is 8.38. The van der Waals surface area contributed by atoms with E-state index in [9.17, 15) is 0 Å². The van der Waals surface area contributed by atoms with Crippen molar-refractivity contribution in [3.63, 3.8) is 0 Å². The summed E-state index contributed by atoms with van der Waals surface area (Å²) in [6.07, 6.45) is 4.64. The Morgan fingerprint density at radius 3 is 2.50 bits per heavy atom. The molecule has 0 aliphatic carbocycles. The number of nitrogens with zero attached hydrogens (tertiary/aromatic N) is 1. The molecule has 0 aliphatic heterocycles. The molecule has 0 aromatic heterocycles. The minimum atomic E-state index is 0.517. The zero-order valence-electron chi connectivity index (χ0n) is 6.83. The van der Waals surface area contributed by atoms with Gasteiger partial charge < -0.3 is 5.21 Å². The van der Waals surface area contributed by atoms with Crippen LogP contribution in [0, 0.1) is 5.92 Å². The van der Waals surface area contributed by atoms with Crippen molar-refractivity contribution >= 4 is 5.71 Å². The van der Waals surface area contributed by atoms with Crippen LogP contribution in [0.15, 0.2) is 17.3 Å². The van der Waals surface area contributed by atoms with Gasteiger partial charge in [0, 0.05) is 0 Å². The zero-order valence-corrected chi connectivity index (χ0v) is 6.83. The van der Waals surface area contributed by atoms with E-state index >= 15 is 0 Å². The summed E-state index contributed by atoms with van der Waals surface area (Å²) in [5, 5.41) is 11.5. The largest absolute Gasteiger partial charge is 0.411 e. The van der Waals surface area contributed by atoms with E-state index < -0.39 is 0 Å². The first-order chi connectivity index (χ1) is 4.70. The van der Waals surface area contributed by atoms with E-state index in [-0.39, 0.29) is 0 Å². The molecule has 2 nitrogen and oxygen atoms in total. The van der Waals surface area contributed by atoms with Crippen LogP contribution in [-0.4, -0.2) is 10.9 Å². The molecule has 10 heavy (non-hydrogen) atoms. The van der Waals surface area contributed by atoms with Crippen LogP contribution in [0.3, 0.4) is 0 Å². The second-order valence-corrected chi connectivity index (χ2v) is 2.55. The number of hydrogen-bond acceptors (Lipinski definition) is 2. The molecule has 0 radical (unpaired) electrons. The Bertz CT molecular complexity index is 136. The van der Waals surface area contributed by atoms with Crippen molar-refractivity contribution in [2.45, 2.75) is 27.2 Å². The molecule has 0 fully saturated rings. The zero-order chi connectivity index (χ0) is 7.98. The smallest absolute Gasteiger partial charge is 0.0789 e. The SMILES string of the molecule is CCC(/C=C/C(C)C)=N/O. The fourth-order valence-electron chi connectivity index (χ4n) is 0.525. The molecule has 0 unspecified atom stereocenters. The van der Waals surface area contributed by atoms with E-state index in [1.165, 1.54) is 0 Å². The highest BCUT2D eigenvalue weighted by Gasteiger charge is 1.89. The Morgan fingerprint density at radius 1 is 1.60 bits per heavy atom. The van der Waals surface area contributed by atoms with Gasteiger partial charge in [-0.15, -0.1) is 0 Å². The Kier molecular flexibility index (Phi) is 4.63. The average Bonchev–Trinajstić information content (AvgIpc) is 1.90. The van der Waals surface area contributed by atoms with Crippen molar-refractivity contribution in [2.24, 2.45) is 11.1 Å². The van der Waals surface area contributed by atoms with Crippen LogP contribution in [0.4, 0.5) is 0 Å². The van der Waals surface area contributed by atoms with Gasteiger partial charge in [-0.25, -0.2) is 0 Å². The first-order valence-corrected chi connectivity index (χ1v) is 3.59. The number of rotatable bonds is 3. The van der Waals surface area contributed by atoms with Crippen molar-refractivity contribution in [3.8, 4) is 0 Å². The molecule has 0 amide bonds. The van der Waals surface area contributed by atoms with Gasteiger partial charge in [-0.3, -0.25) is 0 Å². The van der Waals surface area contributed by atoms with E-state index in [2.05, 4.69) is 19.0 Å². The highest BCUT2D eigenvalue weighted by atomic mass is 16.4. The number of allylic oxidation sites excluding steroid dienone is 2. The van der Waals surface area contributed by atoms with Crippen molar-refractivity contribution in [1.82, 2.24) is 0 Å². The third-order valence-electron chi connectivity index (χ3n) is 1.16. The minimum absolute atomic E-state index is 0.517. The molecule has 0 atom stereocenters. The van der Waals surface area contributed by atoms with E-state index in [1.54, 1.807) is 0 Å². The lowest BCUT2D eigenvalue weighted by atomic mass is 10.1. The Morgan fingerprint density at radius 2 is 2.20 bits per heavy atom. The van der Waals surface area contributed by atoms with Crippen LogP contribution in [0.25, 0.3) is 0 Å². The van der Waals surface area contributed by atoms with Crippen LogP contribution in [0.2, 0.25) is 0 Å². The lowest BCUT2D eigenvalue weighted by Crippen LogP contribution is -1.90. The van der Waals surface area contributed by atoms with Gasteiger partial charge in [0.05, 0.1) is 5.71 Å². The standard InChI is InChI=1S/C8H15NO/c1-4-8(9-10)6-5-7(2)3/h5-7,10H,4H2,1-3H3/b6-5+,9-8-. The molecule has 0 bridgehead atoms. The van der Waals surface area contributed by atoms with Crippen LogP contribution < -0.4 is 0 Å². The van der Waals surface area contributed by atoms with Gasteiger partial charge in [0.15, 0.2) is 0 Å². The molecule has 0 aromatic rings. The van der Waals surface area contributed by atoms with Crippen molar-refractivity contribution < 1.29 is 5.21 Å². The summed E-state index contributed by atoms with van der Waals surface area (Å²) in [4.78, 5) is 0. The van der Waals surface area contributed by atoms with Gasteiger partial charge in [-0.2, -0.15) is 0 Å². The fourth-order valence-corrected chi connectivity index (χ4v) is 0.525. The molecule has 0 spiro atoms. The minimum Gasteiger partial charge on any atom is -0.411 e. The van der Waals surface area contributed by atoms with E-state index in [0.717, 1.165) is 12.1 Å². The molecule has 0 saturated heterocycles. The first kappa shape index (κ1) is 9.21. The van der Waals surface area contributed by atoms with Gasteiger partial charge in [0.1, 0.15) is 0 Å². The highest BCUT2D eigenvalue weighted by Crippen LogP contribution is 1.95. The summed E-state index contributed by atoms with van der Waals surface area (Å²) in [6.45, 7) is 6.13. The molecule has 2 heteroatoms. The normalized spacial score (nSPS) is 13.4. The number of oxime groups is 1. The first-order valence-electron chi connectivity index (χ1n) is 3.59. The Labute approximate surface area is 62.2 Å². The molecule has 1 N–H and O–H groups in total. The third-order valence-corrected chi connectivity index (χ3v) is 1.16. The Balaban J connectivity index is 3.86. The monoisotopic (exact) mass is 141 g/mol. The van der Waals surface area contributed by atoms with Crippen molar-refractivity contribution in [3.05, 3.63) is 12.2 Å². The second kappa shape index (κ2) is 5.03. The van der Waals surface area contributed by atoms with Crippen molar-refractivity contribution in [2.75, 3.05) is 0 Å². The predicted molar refractivity (Wildman–Crippen MR) is 43.5 cm³/mol. The summed E-state index contributed by atoms with van der Waals surface area (Å²) >= 11 is 0. The van der Waals surface area contributed by atoms with Crippen LogP contribution >= 0.6 is 0 Å². The highest BCUT2D eigenvalue weighted by molar-refractivity contribution is 5.94. The van der Waals surface area contributed by atoms with Gasteiger partial charge in [-0.05, 0) is 18.4 Å². The van der Waals surface area contributed by atoms with E-state index in [1.807, 2.05) is 19.1 Å². The van der Waals surface area contributed by atoms with Gasteiger partial charge in [0.2, 0.25) is 0 Å². The second-order valence-electron chi connectivity index (χ2n) is 2.55. The number of hydrogen-bond donors (Lipinski definition) is 1. The van der Waals surface area contributed by atoms with E-state index in [4.69, 9.17) is 5.21 Å².